The van der Waals surface area contributed by atoms with Crippen molar-refractivity contribution in [2.24, 2.45) is 11.1 Å². The number of amides is 1. The summed E-state index contributed by atoms with van der Waals surface area (Å²) in [5.41, 5.74) is 4.98. The molecule has 1 fully saturated rings. The average Bonchev–Trinajstić information content (AvgIpc) is 2.08. The molecule has 0 aromatic rings. The van der Waals surface area contributed by atoms with Crippen LogP contribution in [0.25, 0.3) is 0 Å². The molecule has 0 aromatic heterocycles. The largest absolute Gasteiger partial charge is 0.368 e. The Morgan fingerprint density at radius 1 is 1.57 bits per heavy atom. The molecule has 4 heteroatoms. The second kappa shape index (κ2) is 4.11. The molecule has 1 aliphatic heterocycles. The van der Waals surface area contributed by atoms with Gasteiger partial charge in [-0.3, -0.25) is 4.79 Å². The molecule has 0 saturated carbocycles. The molecule has 3 N–H and O–H groups in total. The Balaban J connectivity index is 2.98. The van der Waals surface area contributed by atoms with Crippen LogP contribution in [0.2, 0.25) is 0 Å². The molecule has 82 valence electrons. The summed E-state index contributed by atoms with van der Waals surface area (Å²) >= 11 is 1.81. The first-order chi connectivity index (χ1) is 6.46. The second-order valence-corrected chi connectivity index (χ2v) is 5.59. The van der Waals surface area contributed by atoms with Crippen LogP contribution in [0, 0.1) is 5.41 Å². The van der Waals surface area contributed by atoms with E-state index in [1.54, 1.807) is 0 Å². The van der Waals surface area contributed by atoms with Crippen LogP contribution in [0.5, 0.6) is 0 Å². The topological polar surface area (TPSA) is 55.1 Å². The van der Waals surface area contributed by atoms with Crippen LogP contribution in [0.4, 0.5) is 0 Å². The van der Waals surface area contributed by atoms with Crippen molar-refractivity contribution in [3.63, 3.8) is 0 Å². The molecule has 1 atom stereocenters. The smallest absolute Gasteiger partial charge is 0.239 e. The van der Waals surface area contributed by atoms with Crippen LogP contribution < -0.4 is 11.1 Å². The van der Waals surface area contributed by atoms with Gasteiger partial charge in [0.25, 0.3) is 0 Å². The first kappa shape index (κ1) is 11.9. The van der Waals surface area contributed by atoms with E-state index in [2.05, 4.69) is 19.2 Å². The maximum Gasteiger partial charge on any atom is 0.239 e. The van der Waals surface area contributed by atoms with Crippen LogP contribution in [-0.2, 0) is 4.79 Å². The van der Waals surface area contributed by atoms with Crippen molar-refractivity contribution in [1.29, 1.82) is 0 Å². The van der Waals surface area contributed by atoms with Gasteiger partial charge in [-0.1, -0.05) is 20.8 Å². The fourth-order valence-electron chi connectivity index (χ4n) is 2.05. The zero-order chi connectivity index (χ0) is 10.8. The van der Waals surface area contributed by atoms with Gasteiger partial charge < -0.3 is 11.1 Å². The monoisotopic (exact) mass is 216 g/mol. The van der Waals surface area contributed by atoms with Gasteiger partial charge in [-0.25, -0.2) is 0 Å². The fraction of sp³-hybridized carbons (Fsp3) is 0.900. The number of nitrogens with two attached hydrogens (primary N) is 1. The van der Waals surface area contributed by atoms with Crippen LogP contribution >= 0.6 is 11.8 Å². The molecule has 1 amide bonds. The number of hydrogen-bond donors (Lipinski definition) is 2. The minimum atomic E-state index is -0.523. The van der Waals surface area contributed by atoms with Gasteiger partial charge in [0, 0.05) is 5.75 Å². The molecule has 1 unspecified atom stereocenters. The van der Waals surface area contributed by atoms with Crippen LogP contribution in [-0.4, -0.2) is 29.5 Å². The normalized spacial score (nSPS) is 31.4. The number of rotatable bonds is 3. The third-order valence-corrected chi connectivity index (χ3v) is 4.37. The van der Waals surface area contributed by atoms with Crippen molar-refractivity contribution >= 4 is 17.7 Å². The van der Waals surface area contributed by atoms with Crippen molar-refractivity contribution in [2.75, 3.05) is 18.1 Å². The summed E-state index contributed by atoms with van der Waals surface area (Å²) in [6.45, 7) is 7.05. The Bertz CT molecular complexity index is 226. The number of likely N-dealkylation sites (N-methyl/N-ethyl adjacent to an activating group) is 1. The van der Waals surface area contributed by atoms with E-state index < -0.39 is 5.54 Å². The summed E-state index contributed by atoms with van der Waals surface area (Å²) in [4.78, 5) is 11.6. The molecule has 1 heterocycles. The van der Waals surface area contributed by atoms with Gasteiger partial charge in [-0.2, -0.15) is 11.8 Å². The predicted octanol–water partition coefficient (Wildman–Crippen LogP) is 0.983. The zero-order valence-electron chi connectivity index (χ0n) is 9.22. The molecule has 3 nitrogen and oxygen atoms in total. The lowest BCUT2D eigenvalue weighted by Crippen LogP contribution is -2.67. The van der Waals surface area contributed by atoms with Gasteiger partial charge in [0.15, 0.2) is 0 Å². The summed E-state index contributed by atoms with van der Waals surface area (Å²) in [5.74, 6) is 1.70. The molecule has 0 spiro atoms. The lowest BCUT2D eigenvalue weighted by molar-refractivity contribution is -0.128. The van der Waals surface area contributed by atoms with Crippen molar-refractivity contribution in [2.45, 2.75) is 32.7 Å². The number of hydrogen-bond acceptors (Lipinski definition) is 3. The Kier molecular flexibility index (Phi) is 3.48. The number of primary amides is 1. The van der Waals surface area contributed by atoms with Gasteiger partial charge in [0.05, 0.1) is 0 Å². The molecule has 1 rings (SSSR count). The zero-order valence-corrected chi connectivity index (χ0v) is 10.0. The lowest BCUT2D eigenvalue weighted by Gasteiger charge is -2.48. The summed E-state index contributed by atoms with van der Waals surface area (Å²) in [6, 6.07) is 0. The highest BCUT2D eigenvalue weighted by molar-refractivity contribution is 7.99. The van der Waals surface area contributed by atoms with E-state index in [0.29, 0.717) is 0 Å². The Morgan fingerprint density at radius 2 is 2.21 bits per heavy atom. The maximum absolute atomic E-state index is 11.6. The van der Waals surface area contributed by atoms with Gasteiger partial charge >= 0.3 is 0 Å². The van der Waals surface area contributed by atoms with E-state index in [1.165, 1.54) is 0 Å². The quantitative estimate of drug-likeness (QED) is 0.739. The summed E-state index contributed by atoms with van der Waals surface area (Å²) < 4.78 is 0. The van der Waals surface area contributed by atoms with Crippen molar-refractivity contribution in [3.05, 3.63) is 0 Å². The molecular weight excluding hydrogens is 196 g/mol. The maximum atomic E-state index is 11.6. The number of thioether (sulfide) groups is 1. The Morgan fingerprint density at radius 3 is 2.64 bits per heavy atom. The Hall–Kier alpha value is -0.220. The molecular formula is C10H20N2OS. The molecule has 0 aliphatic carbocycles. The molecule has 1 saturated heterocycles. The highest BCUT2D eigenvalue weighted by Gasteiger charge is 2.50. The van der Waals surface area contributed by atoms with Gasteiger partial charge in [-0.05, 0) is 24.1 Å². The van der Waals surface area contributed by atoms with Crippen molar-refractivity contribution in [1.82, 2.24) is 5.32 Å². The first-order valence-electron chi connectivity index (χ1n) is 5.09. The van der Waals surface area contributed by atoms with E-state index in [-0.39, 0.29) is 11.3 Å². The minimum absolute atomic E-state index is 0.0416. The van der Waals surface area contributed by atoms with Crippen molar-refractivity contribution < 1.29 is 4.79 Å². The highest BCUT2D eigenvalue weighted by Crippen LogP contribution is 2.42. The fourth-order valence-corrected chi connectivity index (χ4v) is 3.79. The first-order valence-corrected chi connectivity index (χ1v) is 6.24. The van der Waals surface area contributed by atoms with E-state index in [1.807, 2.05) is 18.7 Å². The standard InChI is InChI=1S/C10H20N2OS/c1-4-12-10(8(11)13)7-14-6-5-9(10,2)3/h12H,4-7H2,1-3H3,(H2,11,13). The van der Waals surface area contributed by atoms with Gasteiger partial charge in [0.2, 0.25) is 5.91 Å². The number of carbonyl (C=O) groups excluding carboxylic acids is 1. The number of nitrogens with one attached hydrogen (secondary N) is 1. The lowest BCUT2D eigenvalue weighted by atomic mass is 9.70. The molecule has 0 radical (unpaired) electrons. The molecule has 1 aliphatic rings. The number of carbonyl (C=O) groups is 1. The van der Waals surface area contributed by atoms with E-state index in [4.69, 9.17) is 5.73 Å². The third kappa shape index (κ3) is 1.77. The van der Waals surface area contributed by atoms with Crippen molar-refractivity contribution in [3.8, 4) is 0 Å². The highest BCUT2D eigenvalue weighted by atomic mass is 32.2. The van der Waals surface area contributed by atoms with E-state index >= 15 is 0 Å². The van der Waals surface area contributed by atoms with E-state index in [9.17, 15) is 4.79 Å². The van der Waals surface area contributed by atoms with E-state index in [0.717, 1.165) is 24.5 Å². The van der Waals surface area contributed by atoms with Gasteiger partial charge in [0.1, 0.15) is 5.54 Å². The van der Waals surface area contributed by atoms with Crippen LogP contribution in [0.15, 0.2) is 0 Å². The molecule has 14 heavy (non-hydrogen) atoms. The SMILES string of the molecule is CCNC1(C(N)=O)CSCCC1(C)C. The molecule has 0 aromatic carbocycles. The average molecular weight is 216 g/mol. The second-order valence-electron chi connectivity index (χ2n) is 4.49. The Labute approximate surface area is 90.2 Å². The summed E-state index contributed by atoms with van der Waals surface area (Å²) in [7, 11) is 0. The minimum Gasteiger partial charge on any atom is -0.368 e. The summed E-state index contributed by atoms with van der Waals surface area (Å²) in [6.07, 6.45) is 1.04. The van der Waals surface area contributed by atoms with Crippen LogP contribution in [0.3, 0.4) is 0 Å². The van der Waals surface area contributed by atoms with Crippen LogP contribution in [0.1, 0.15) is 27.2 Å². The predicted molar refractivity (Wildman–Crippen MR) is 61.3 cm³/mol. The van der Waals surface area contributed by atoms with Gasteiger partial charge in [-0.15, -0.1) is 0 Å². The summed E-state index contributed by atoms with van der Waals surface area (Å²) in [5, 5.41) is 3.29. The molecule has 0 bridgehead atoms. The third-order valence-electron chi connectivity index (χ3n) is 3.24.